The maximum absolute atomic E-state index is 12.0. The minimum absolute atomic E-state index is 0.0717. The Kier molecular flexibility index (Phi) is 7.19. The molecule has 0 atom stereocenters. The van der Waals surface area contributed by atoms with E-state index >= 15 is 0 Å². The quantitative estimate of drug-likeness (QED) is 0.531. The van der Waals surface area contributed by atoms with Crippen LogP contribution in [0.3, 0.4) is 0 Å². The summed E-state index contributed by atoms with van der Waals surface area (Å²) in [4.78, 5) is 22.4. The zero-order valence-corrected chi connectivity index (χ0v) is 18.7. The van der Waals surface area contributed by atoms with E-state index in [1.54, 1.807) is 12.2 Å². The third kappa shape index (κ3) is 5.68. The number of ether oxygens (including phenoxy) is 2. The van der Waals surface area contributed by atoms with Gasteiger partial charge in [-0.1, -0.05) is 36.4 Å². The van der Waals surface area contributed by atoms with Gasteiger partial charge in [0.25, 0.3) is 0 Å². The largest absolute Gasteiger partial charge is 0.477 e. The molecule has 4 rings (SSSR count). The molecular weight excluding hydrogens is 416 g/mol. The van der Waals surface area contributed by atoms with E-state index in [9.17, 15) is 4.79 Å². The van der Waals surface area contributed by atoms with Crippen molar-refractivity contribution < 1.29 is 14.3 Å². The molecule has 1 aromatic heterocycles. The average molecular weight is 445 g/mol. The first-order chi connectivity index (χ1) is 16.1. The summed E-state index contributed by atoms with van der Waals surface area (Å²) in [5.41, 5.74) is 7.72. The second-order valence-electron chi connectivity index (χ2n) is 7.96. The fraction of sp³-hybridized carbons (Fsp3) is 0.269. The third-order valence-electron chi connectivity index (χ3n) is 5.65. The van der Waals surface area contributed by atoms with Crippen molar-refractivity contribution in [2.24, 2.45) is 5.92 Å². The molecule has 2 N–H and O–H groups in total. The summed E-state index contributed by atoms with van der Waals surface area (Å²) in [7, 11) is 0. The van der Waals surface area contributed by atoms with Crippen molar-refractivity contribution in [2.45, 2.75) is 19.8 Å². The van der Waals surface area contributed by atoms with Gasteiger partial charge in [-0.2, -0.15) is 0 Å². The molecule has 0 radical (unpaired) electrons. The molecule has 2 aromatic carbocycles. The van der Waals surface area contributed by atoms with Gasteiger partial charge >= 0.3 is 0 Å². The van der Waals surface area contributed by atoms with E-state index in [1.165, 1.54) is 6.33 Å². The van der Waals surface area contributed by atoms with Gasteiger partial charge < -0.3 is 20.1 Å². The predicted molar refractivity (Wildman–Crippen MR) is 128 cm³/mol. The van der Waals surface area contributed by atoms with E-state index < -0.39 is 0 Å². The number of likely N-dealkylation sites (tertiary alicyclic amines) is 1. The highest BCUT2D eigenvalue weighted by Crippen LogP contribution is 2.34. The van der Waals surface area contributed by atoms with Crippen LogP contribution in [0.1, 0.15) is 19.8 Å². The van der Waals surface area contributed by atoms with Crippen LogP contribution in [0.15, 0.2) is 73.1 Å². The van der Waals surface area contributed by atoms with Crippen LogP contribution in [0.4, 0.5) is 5.82 Å². The number of hydrogen-bond acceptors (Lipinski definition) is 6. The Balaban J connectivity index is 1.41. The number of anilines is 1. The summed E-state index contributed by atoms with van der Waals surface area (Å²) < 4.78 is 12.0. The number of rotatable bonds is 7. The number of carbonyl (C=O) groups is 1. The first kappa shape index (κ1) is 22.3. The van der Waals surface area contributed by atoms with Gasteiger partial charge in [0.2, 0.25) is 11.8 Å². The van der Waals surface area contributed by atoms with Crippen molar-refractivity contribution in [3.63, 3.8) is 0 Å². The van der Waals surface area contributed by atoms with E-state index in [4.69, 9.17) is 15.2 Å². The molecule has 1 saturated heterocycles. The minimum Gasteiger partial charge on any atom is -0.477 e. The van der Waals surface area contributed by atoms with Crippen LogP contribution >= 0.6 is 0 Å². The molecule has 0 spiro atoms. The van der Waals surface area contributed by atoms with Crippen LogP contribution in [-0.2, 0) is 4.79 Å². The molecule has 1 aliphatic rings. The Bertz CT molecular complexity index is 1090. The van der Waals surface area contributed by atoms with Gasteiger partial charge in [-0.25, -0.2) is 9.97 Å². The van der Waals surface area contributed by atoms with Gasteiger partial charge in [0, 0.05) is 13.1 Å². The van der Waals surface area contributed by atoms with Crippen molar-refractivity contribution in [1.82, 2.24) is 14.9 Å². The normalized spacial score (nSPS) is 14.4. The molecular formula is C26H28N4O3. The lowest BCUT2D eigenvalue weighted by molar-refractivity contribution is -0.127. The maximum Gasteiger partial charge on any atom is 0.246 e. The second kappa shape index (κ2) is 10.6. The highest BCUT2D eigenvalue weighted by molar-refractivity contribution is 5.87. The molecule has 33 heavy (non-hydrogen) atoms. The first-order valence-electron chi connectivity index (χ1n) is 11.1. The Morgan fingerprint density at radius 2 is 1.76 bits per heavy atom. The van der Waals surface area contributed by atoms with Gasteiger partial charge in [-0.15, -0.1) is 0 Å². The number of allylic oxidation sites excluding steroid dienone is 1. The first-order valence-corrected chi connectivity index (χ1v) is 11.1. The number of piperidine rings is 1. The summed E-state index contributed by atoms with van der Waals surface area (Å²) in [6.07, 6.45) is 6.59. The summed E-state index contributed by atoms with van der Waals surface area (Å²) in [5.74, 6) is 2.75. The minimum atomic E-state index is 0.0717. The molecule has 0 unspecified atom stereocenters. The summed E-state index contributed by atoms with van der Waals surface area (Å²) in [6, 6.07) is 17.2. The topological polar surface area (TPSA) is 90.6 Å². The van der Waals surface area contributed by atoms with Crippen molar-refractivity contribution in [1.29, 1.82) is 0 Å². The zero-order valence-electron chi connectivity index (χ0n) is 18.7. The lowest BCUT2D eigenvalue weighted by atomic mass is 9.97. The van der Waals surface area contributed by atoms with Gasteiger partial charge in [0.15, 0.2) is 0 Å². The molecule has 7 nitrogen and oxygen atoms in total. The van der Waals surface area contributed by atoms with Crippen molar-refractivity contribution in [2.75, 3.05) is 25.4 Å². The monoisotopic (exact) mass is 444 g/mol. The molecule has 0 saturated carbocycles. The molecule has 3 aromatic rings. The molecule has 0 aliphatic carbocycles. The van der Waals surface area contributed by atoms with Crippen molar-refractivity contribution >= 4 is 11.7 Å². The van der Waals surface area contributed by atoms with Gasteiger partial charge in [0.1, 0.15) is 23.6 Å². The highest BCUT2D eigenvalue weighted by atomic mass is 16.5. The molecule has 1 aliphatic heterocycles. The number of carbonyl (C=O) groups excluding carboxylic acids is 1. The Morgan fingerprint density at radius 3 is 2.45 bits per heavy atom. The molecule has 7 heteroatoms. The van der Waals surface area contributed by atoms with Crippen molar-refractivity contribution in [3.8, 4) is 28.5 Å². The standard InChI is InChI=1S/C26H28N4O3/c1-2-6-23(31)30-15-13-19(14-16-30)17-32-26-24(25(27)28-18-29-26)20-9-11-22(12-10-20)33-21-7-4-3-5-8-21/h2-12,18-19H,13-17H2,1H3,(H2,27,28,29)/b6-2-. The molecule has 1 fully saturated rings. The predicted octanol–water partition coefficient (Wildman–Crippen LogP) is 4.71. The average Bonchev–Trinajstić information content (AvgIpc) is 2.84. The molecule has 0 bridgehead atoms. The Hall–Kier alpha value is -3.87. The number of aromatic nitrogens is 2. The van der Waals surface area contributed by atoms with Gasteiger partial charge in [0.05, 0.1) is 12.2 Å². The number of para-hydroxylation sites is 1. The fourth-order valence-corrected chi connectivity index (χ4v) is 3.84. The molecule has 1 amide bonds. The Labute approximate surface area is 193 Å². The molecule has 170 valence electrons. The number of nitrogens with zero attached hydrogens (tertiary/aromatic N) is 3. The number of amides is 1. The highest BCUT2D eigenvalue weighted by Gasteiger charge is 2.23. The van der Waals surface area contributed by atoms with Crippen LogP contribution in [0.5, 0.6) is 17.4 Å². The summed E-state index contributed by atoms with van der Waals surface area (Å²) >= 11 is 0. The van der Waals surface area contributed by atoms with Crippen LogP contribution in [0.25, 0.3) is 11.1 Å². The summed E-state index contributed by atoms with van der Waals surface area (Å²) in [5, 5.41) is 0. The molecule has 2 heterocycles. The lowest BCUT2D eigenvalue weighted by Crippen LogP contribution is -2.38. The SMILES string of the molecule is C/C=C\C(=O)N1CCC(COc2ncnc(N)c2-c2ccc(Oc3ccccc3)cc2)CC1. The van der Waals surface area contributed by atoms with E-state index in [-0.39, 0.29) is 5.91 Å². The second-order valence-corrected chi connectivity index (χ2v) is 7.96. The van der Waals surface area contributed by atoms with E-state index in [0.717, 1.165) is 43.0 Å². The third-order valence-corrected chi connectivity index (χ3v) is 5.65. The number of hydrogen-bond donors (Lipinski definition) is 1. The lowest BCUT2D eigenvalue weighted by Gasteiger charge is -2.31. The van der Waals surface area contributed by atoms with Gasteiger partial charge in [-0.3, -0.25) is 4.79 Å². The Morgan fingerprint density at radius 1 is 1.06 bits per heavy atom. The zero-order chi connectivity index (χ0) is 23.0. The smallest absolute Gasteiger partial charge is 0.246 e. The van der Waals surface area contributed by atoms with E-state index in [2.05, 4.69) is 9.97 Å². The van der Waals surface area contributed by atoms with Crippen LogP contribution in [0, 0.1) is 5.92 Å². The van der Waals surface area contributed by atoms with Crippen LogP contribution in [-0.4, -0.2) is 40.5 Å². The van der Waals surface area contributed by atoms with Crippen LogP contribution in [0.2, 0.25) is 0 Å². The number of nitrogen functional groups attached to an aromatic ring is 1. The number of nitrogens with two attached hydrogens (primary N) is 1. The van der Waals surface area contributed by atoms with Crippen LogP contribution < -0.4 is 15.2 Å². The maximum atomic E-state index is 12.0. The van der Waals surface area contributed by atoms with E-state index in [0.29, 0.717) is 29.8 Å². The van der Waals surface area contributed by atoms with Crippen molar-refractivity contribution in [3.05, 3.63) is 73.1 Å². The fourth-order valence-electron chi connectivity index (χ4n) is 3.84. The van der Waals surface area contributed by atoms with Gasteiger partial charge in [-0.05, 0) is 61.6 Å². The number of benzene rings is 2. The summed E-state index contributed by atoms with van der Waals surface area (Å²) in [6.45, 7) is 3.84. The van der Waals surface area contributed by atoms with E-state index in [1.807, 2.05) is 66.4 Å².